The summed E-state index contributed by atoms with van der Waals surface area (Å²) in [5.74, 6) is 1.34. The number of nitrogens with zero attached hydrogens (tertiary/aromatic N) is 2. The number of benzene rings is 1. The van der Waals surface area contributed by atoms with E-state index in [-0.39, 0.29) is 11.8 Å². The summed E-state index contributed by atoms with van der Waals surface area (Å²) in [6.07, 6.45) is 2.99. The molecule has 2 aliphatic heterocycles. The fraction of sp³-hybridized carbons (Fsp3) is 0.562. The minimum Gasteiger partial charge on any atom is -0.496 e. The van der Waals surface area contributed by atoms with Gasteiger partial charge in [-0.2, -0.15) is 0 Å². The van der Waals surface area contributed by atoms with Gasteiger partial charge < -0.3 is 14.5 Å². The third-order valence-corrected chi connectivity index (χ3v) is 4.43. The van der Waals surface area contributed by atoms with E-state index in [1.54, 1.807) is 7.11 Å². The van der Waals surface area contributed by atoms with Crippen molar-refractivity contribution in [2.24, 2.45) is 5.92 Å². The van der Waals surface area contributed by atoms with Gasteiger partial charge in [-0.05, 0) is 45.0 Å². The third-order valence-electron chi connectivity index (χ3n) is 4.43. The molecule has 1 aromatic rings. The molecule has 0 radical (unpaired) electrons. The number of carbonyl (C=O) groups is 1. The van der Waals surface area contributed by atoms with E-state index in [4.69, 9.17) is 4.74 Å². The highest BCUT2D eigenvalue weighted by molar-refractivity contribution is 5.96. The summed E-state index contributed by atoms with van der Waals surface area (Å²) in [6.45, 7) is 2.74. The molecule has 20 heavy (non-hydrogen) atoms. The van der Waals surface area contributed by atoms with Crippen LogP contribution in [0.1, 0.15) is 18.4 Å². The van der Waals surface area contributed by atoms with Gasteiger partial charge in [0.05, 0.1) is 18.7 Å². The van der Waals surface area contributed by atoms with E-state index in [1.165, 1.54) is 5.56 Å². The maximum atomic E-state index is 12.8. The summed E-state index contributed by atoms with van der Waals surface area (Å²) in [7, 11) is 3.78. The zero-order chi connectivity index (χ0) is 14.1. The van der Waals surface area contributed by atoms with Crippen LogP contribution in [-0.4, -0.2) is 44.6 Å². The van der Waals surface area contributed by atoms with Crippen LogP contribution in [-0.2, 0) is 11.2 Å². The van der Waals surface area contributed by atoms with Crippen LogP contribution in [0.4, 0.5) is 5.69 Å². The predicted octanol–water partition coefficient (Wildman–Crippen LogP) is 1.93. The Morgan fingerprint density at radius 1 is 1.35 bits per heavy atom. The van der Waals surface area contributed by atoms with Crippen molar-refractivity contribution >= 4 is 11.6 Å². The van der Waals surface area contributed by atoms with Crippen LogP contribution in [0.25, 0.3) is 0 Å². The standard InChI is InChI=1S/C16H22N2O2/c1-17-10-8-12(11-17)16(19)18-9-4-5-13-14(18)6-3-7-15(13)20-2/h3,6-7,12H,4-5,8-11H2,1-2H3/t12-/m0/s1. The van der Waals surface area contributed by atoms with Crippen LogP contribution in [0, 0.1) is 5.92 Å². The fourth-order valence-corrected chi connectivity index (χ4v) is 3.37. The molecule has 1 amide bonds. The number of likely N-dealkylation sites (tertiary alicyclic amines) is 1. The molecule has 0 spiro atoms. The molecule has 0 bridgehead atoms. The second-order valence-electron chi connectivity index (χ2n) is 5.80. The predicted molar refractivity (Wildman–Crippen MR) is 79.3 cm³/mol. The van der Waals surface area contributed by atoms with Crippen molar-refractivity contribution in [2.75, 3.05) is 38.7 Å². The monoisotopic (exact) mass is 274 g/mol. The molecule has 0 saturated carbocycles. The van der Waals surface area contributed by atoms with Crippen LogP contribution in [0.15, 0.2) is 18.2 Å². The molecule has 1 atom stereocenters. The van der Waals surface area contributed by atoms with Crippen LogP contribution in [0.2, 0.25) is 0 Å². The Hall–Kier alpha value is -1.55. The molecule has 0 aliphatic carbocycles. The van der Waals surface area contributed by atoms with Gasteiger partial charge in [-0.25, -0.2) is 0 Å². The van der Waals surface area contributed by atoms with E-state index < -0.39 is 0 Å². The Balaban J connectivity index is 1.88. The number of anilines is 1. The van der Waals surface area contributed by atoms with Crippen molar-refractivity contribution < 1.29 is 9.53 Å². The van der Waals surface area contributed by atoms with Crippen LogP contribution in [0.3, 0.4) is 0 Å². The highest BCUT2D eigenvalue weighted by Gasteiger charge is 2.33. The van der Waals surface area contributed by atoms with Crippen LogP contribution < -0.4 is 9.64 Å². The number of rotatable bonds is 2. The molecule has 108 valence electrons. The summed E-state index contributed by atoms with van der Waals surface area (Å²) < 4.78 is 5.44. The molecule has 0 aromatic heterocycles. The molecule has 2 aliphatic rings. The maximum absolute atomic E-state index is 12.8. The lowest BCUT2D eigenvalue weighted by molar-refractivity contribution is -0.122. The molecule has 3 rings (SSSR count). The van der Waals surface area contributed by atoms with E-state index in [0.29, 0.717) is 0 Å². The first-order valence-corrected chi connectivity index (χ1v) is 7.36. The van der Waals surface area contributed by atoms with Gasteiger partial charge in [-0.15, -0.1) is 0 Å². The van der Waals surface area contributed by atoms with Crippen molar-refractivity contribution in [3.05, 3.63) is 23.8 Å². The quantitative estimate of drug-likeness (QED) is 0.826. The van der Waals surface area contributed by atoms with Crippen molar-refractivity contribution in [3.63, 3.8) is 0 Å². The molecular formula is C16H22N2O2. The lowest BCUT2D eigenvalue weighted by atomic mass is 9.98. The highest BCUT2D eigenvalue weighted by atomic mass is 16.5. The second kappa shape index (κ2) is 5.44. The molecule has 2 heterocycles. The minimum absolute atomic E-state index is 0.150. The molecule has 4 heteroatoms. The molecule has 1 aromatic carbocycles. The van der Waals surface area contributed by atoms with Crippen LogP contribution in [0.5, 0.6) is 5.75 Å². The number of methoxy groups -OCH3 is 1. The highest BCUT2D eigenvalue weighted by Crippen LogP contribution is 2.35. The fourth-order valence-electron chi connectivity index (χ4n) is 3.37. The molecule has 1 saturated heterocycles. The van der Waals surface area contributed by atoms with Gasteiger partial charge in [0.15, 0.2) is 0 Å². The number of amides is 1. The van der Waals surface area contributed by atoms with E-state index >= 15 is 0 Å². The number of carbonyl (C=O) groups excluding carboxylic acids is 1. The lowest BCUT2D eigenvalue weighted by Gasteiger charge is -2.32. The average Bonchev–Trinajstić information content (AvgIpc) is 2.91. The molecular weight excluding hydrogens is 252 g/mol. The van der Waals surface area contributed by atoms with Crippen LogP contribution >= 0.6 is 0 Å². The van der Waals surface area contributed by atoms with Crippen molar-refractivity contribution in [2.45, 2.75) is 19.3 Å². The van der Waals surface area contributed by atoms with E-state index in [1.807, 2.05) is 23.1 Å². The minimum atomic E-state index is 0.150. The van der Waals surface area contributed by atoms with Gasteiger partial charge in [-0.1, -0.05) is 6.07 Å². The largest absolute Gasteiger partial charge is 0.496 e. The number of fused-ring (bicyclic) bond motifs is 1. The first kappa shape index (κ1) is 13.4. The van der Waals surface area contributed by atoms with Gasteiger partial charge in [0.25, 0.3) is 0 Å². The zero-order valence-corrected chi connectivity index (χ0v) is 12.3. The SMILES string of the molecule is COc1cccc2c1CCCN2C(=O)[C@H]1CCN(C)C1. The zero-order valence-electron chi connectivity index (χ0n) is 12.3. The Bertz CT molecular complexity index is 515. The molecule has 0 unspecified atom stereocenters. The smallest absolute Gasteiger partial charge is 0.231 e. The second-order valence-corrected chi connectivity index (χ2v) is 5.80. The first-order chi connectivity index (χ1) is 9.70. The van der Waals surface area contributed by atoms with Gasteiger partial charge in [0.1, 0.15) is 5.75 Å². The van der Waals surface area contributed by atoms with Crippen molar-refractivity contribution in [1.29, 1.82) is 0 Å². The van der Waals surface area contributed by atoms with Gasteiger partial charge >= 0.3 is 0 Å². The number of hydrogen-bond donors (Lipinski definition) is 0. The Morgan fingerprint density at radius 3 is 2.90 bits per heavy atom. The maximum Gasteiger partial charge on any atom is 0.231 e. The molecule has 1 fully saturated rings. The first-order valence-electron chi connectivity index (χ1n) is 7.36. The van der Waals surface area contributed by atoms with Crippen molar-refractivity contribution in [1.82, 2.24) is 4.90 Å². The summed E-state index contributed by atoms with van der Waals surface area (Å²) in [4.78, 5) is 17.0. The van der Waals surface area contributed by atoms with Gasteiger partial charge in [-0.3, -0.25) is 4.79 Å². The van der Waals surface area contributed by atoms with Gasteiger partial charge in [0.2, 0.25) is 5.91 Å². The summed E-state index contributed by atoms with van der Waals surface area (Å²) in [6, 6.07) is 6.01. The molecule has 4 nitrogen and oxygen atoms in total. The van der Waals surface area contributed by atoms with Crippen molar-refractivity contribution in [3.8, 4) is 5.75 Å². The lowest BCUT2D eigenvalue weighted by Crippen LogP contribution is -2.40. The van der Waals surface area contributed by atoms with E-state index in [0.717, 1.165) is 50.3 Å². The summed E-state index contributed by atoms with van der Waals surface area (Å²) in [5, 5.41) is 0. The summed E-state index contributed by atoms with van der Waals surface area (Å²) in [5.41, 5.74) is 2.23. The van der Waals surface area contributed by atoms with Gasteiger partial charge in [0, 0.05) is 18.7 Å². The summed E-state index contributed by atoms with van der Waals surface area (Å²) >= 11 is 0. The third kappa shape index (κ3) is 2.29. The number of hydrogen-bond acceptors (Lipinski definition) is 3. The Labute approximate surface area is 120 Å². The Morgan fingerprint density at radius 2 is 2.20 bits per heavy atom. The number of ether oxygens (including phenoxy) is 1. The molecule has 0 N–H and O–H groups in total. The average molecular weight is 274 g/mol. The van der Waals surface area contributed by atoms with E-state index in [9.17, 15) is 4.79 Å². The Kier molecular flexibility index (Phi) is 3.66. The topological polar surface area (TPSA) is 32.8 Å². The van der Waals surface area contributed by atoms with E-state index in [2.05, 4.69) is 11.9 Å². The normalized spacial score (nSPS) is 22.7.